The summed E-state index contributed by atoms with van der Waals surface area (Å²) in [6.45, 7) is 4.95. The average molecular weight is 208 g/mol. The standard InChI is InChI=1S/C12H16O3/c1-8-6-4-5-7-10(8)9(2)12(3,15)11(13)14/h4-7,9,15H,1-3H3,(H,13,14). The maximum absolute atomic E-state index is 10.9. The molecule has 15 heavy (non-hydrogen) atoms. The number of aliphatic hydroxyl groups is 1. The molecule has 1 aromatic rings. The van der Waals surface area contributed by atoms with Gasteiger partial charge in [-0.25, -0.2) is 4.79 Å². The van der Waals surface area contributed by atoms with Gasteiger partial charge in [0, 0.05) is 5.92 Å². The van der Waals surface area contributed by atoms with E-state index in [0.717, 1.165) is 11.1 Å². The minimum Gasteiger partial charge on any atom is -0.479 e. The lowest BCUT2D eigenvalue weighted by Crippen LogP contribution is -2.40. The van der Waals surface area contributed by atoms with E-state index in [0.29, 0.717) is 0 Å². The number of aryl methyl sites for hydroxylation is 1. The molecule has 0 amide bonds. The zero-order valence-electron chi connectivity index (χ0n) is 9.19. The third-order valence-electron chi connectivity index (χ3n) is 2.93. The first-order valence-corrected chi connectivity index (χ1v) is 4.88. The van der Waals surface area contributed by atoms with E-state index in [1.807, 2.05) is 31.2 Å². The van der Waals surface area contributed by atoms with Gasteiger partial charge in [-0.1, -0.05) is 31.2 Å². The van der Waals surface area contributed by atoms with E-state index in [1.165, 1.54) is 6.92 Å². The molecule has 2 N–H and O–H groups in total. The summed E-state index contributed by atoms with van der Waals surface area (Å²) in [6.07, 6.45) is 0. The molecule has 0 heterocycles. The Labute approximate surface area is 89.4 Å². The van der Waals surface area contributed by atoms with Gasteiger partial charge >= 0.3 is 5.97 Å². The fourth-order valence-corrected chi connectivity index (χ4v) is 1.56. The van der Waals surface area contributed by atoms with Crippen molar-refractivity contribution < 1.29 is 15.0 Å². The highest BCUT2D eigenvalue weighted by molar-refractivity contribution is 5.78. The molecule has 0 saturated heterocycles. The van der Waals surface area contributed by atoms with Gasteiger partial charge in [-0.3, -0.25) is 0 Å². The third kappa shape index (κ3) is 2.18. The summed E-state index contributed by atoms with van der Waals surface area (Å²) < 4.78 is 0. The van der Waals surface area contributed by atoms with E-state index < -0.39 is 17.5 Å². The van der Waals surface area contributed by atoms with Gasteiger partial charge in [0.05, 0.1) is 0 Å². The maximum atomic E-state index is 10.9. The molecule has 0 aliphatic carbocycles. The summed E-state index contributed by atoms with van der Waals surface area (Å²) in [6, 6.07) is 7.49. The van der Waals surface area contributed by atoms with Crippen LogP contribution in [0, 0.1) is 6.92 Å². The van der Waals surface area contributed by atoms with Crippen molar-refractivity contribution in [3.63, 3.8) is 0 Å². The summed E-state index contributed by atoms with van der Waals surface area (Å²) in [5.74, 6) is -1.63. The van der Waals surface area contributed by atoms with Gasteiger partial charge < -0.3 is 10.2 Å². The lowest BCUT2D eigenvalue weighted by atomic mass is 9.83. The number of benzene rings is 1. The smallest absolute Gasteiger partial charge is 0.336 e. The number of rotatable bonds is 3. The van der Waals surface area contributed by atoms with Crippen molar-refractivity contribution >= 4 is 5.97 Å². The Morgan fingerprint density at radius 1 is 1.40 bits per heavy atom. The van der Waals surface area contributed by atoms with Crippen molar-refractivity contribution in [2.75, 3.05) is 0 Å². The fourth-order valence-electron chi connectivity index (χ4n) is 1.56. The molecule has 0 saturated carbocycles. The predicted octanol–water partition coefficient (Wildman–Crippen LogP) is 1.93. The zero-order valence-corrected chi connectivity index (χ0v) is 9.19. The van der Waals surface area contributed by atoms with Gasteiger partial charge in [0.25, 0.3) is 0 Å². The minimum atomic E-state index is -1.73. The first kappa shape index (κ1) is 11.7. The number of carboxylic acids is 1. The molecule has 1 aromatic carbocycles. The third-order valence-corrected chi connectivity index (χ3v) is 2.93. The Hall–Kier alpha value is -1.35. The van der Waals surface area contributed by atoms with Crippen molar-refractivity contribution in [2.45, 2.75) is 32.3 Å². The van der Waals surface area contributed by atoms with Crippen LogP contribution in [0.1, 0.15) is 30.9 Å². The van der Waals surface area contributed by atoms with E-state index in [-0.39, 0.29) is 0 Å². The van der Waals surface area contributed by atoms with E-state index in [4.69, 9.17) is 5.11 Å². The highest BCUT2D eigenvalue weighted by atomic mass is 16.4. The SMILES string of the molecule is Cc1ccccc1C(C)C(C)(O)C(=O)O. The summed E-state index contributed by atoms with van der Waals surface area (Å²) in [5.41, 5.74) is 0.128. The Balaban J connectivity index is 3.10. The Kier molecular flexibility index (Phi) is 3.15. The fraction of sp³-hybridized carbons (Fsp3) is 0.417. The van der Waals surface area contributed by atoms with Crippen LogP contribution in [-0.2, 0) is 4.79 Å². The molecule has 2 atom stereocenters. The second-order valence-corrected chi connectivity index (χ2v) is 4.03. The first-order valence-electron chi connectivity index (χ1n) is 4.88. The summed E-state index contributed by atoms with van der Waals surface area (Å²) in [7, 11) is 0. The number of aliphatic carboxylic acids is 1. The molecule has 0 aromatic heterocycles. The zero-order chi connectivity index (χ0) is 11.6. The van der Waals surface area contributed by atoms with Crippen molar-refractivity contribution in [3.8, 4) is 0 Å². The van der Waals surface area contributed by atoms with E-state index in [1.54, 1.807) is 6.92 Å². The number of hydrogen-bond donors (Lipinski definition) is 2. The molecule has 0 spiro atoms. The van der Waals surface area contributed by atoms with E-state index >= 15 is 0 Å². The lowest BCUT2D eigenvalue weighted by Gasteiger charge is -2.27. The summed E-state index contributed by atoms with van der Waals surface area (Å²) in [5, 5.41) is 18.8. The second-order valence-electron chi connectivity index (χ2n) is 4.03. The molecule has 82 valence electrons. The van der Waals surface area contributed by atoms with Crippen LogP contribution in [0.4, 0.5) is 0 Å². The lowest BCUT2D eigenvalue weighted by molar-refractivity contribution is -0.158. The van der Waals surface area contributed by atoms with Crippen LogP contribution in [-0.4, -0.2) is 21.8 Å². The van der Waals surface area contributed by atoms with Crippen LogP contribution in [0.25, 0.3) is 0 Å². The number of carbonyl (C=O) groups is 1. The normalized spacial score (nSPS) is 16.8. The average Bonchev–Trinajstić information content (AvgIpc) is 2.17. The van der Waals surface area contributed by atoms with Gasteiger partial charge in [0.2, 0.25) is 0 Å². The molecule has 0 bridgehead atoms. The van der Waals surface area contributed by atoms with Crippen LogP contribution >= 0.6 is 0 Å². The molecular formula is C12H16O3. The summed E-state index contributed by atoms with van der Waals surface area (Å²) >= 11 is 0. The number of hydrogen-bond acceptors (Lipinski definition) is 2. The monoisotopic (exact) mass is 208 g/mol. The number of carboxylic acid groups (broad SMARTS) is 1. The Bertz CT molecular complexity index is 369. The van der Waals surface area contributed by atoms with Gasteiger partial charge in [-0.15, -0.1) is 0 Å². The quantitative estimate of drug-likeness (QED) is 0.798. The van der Waals surface area contributed by atoms with Crippen LogP contribution in [0.3, 0.4) is 0 Å². The van der Waals surface area contributed by atoms with Crippen LogP contribution in [0.5, 0.6) is 0 Å². The first-order chi connectivity index (χ1) is 6.87. The minimum absolute atomic E-state index is 0.434. The van der Waals surface area contributed by atoms with Crippen LogP contribution in [0.2, 0.25) is 0 Å². The topological polar surface area (TPSA) is 57.5 Å². The molecule has 1 rings (SSSR count). The van der Waals surface area contributed by atoms with Gasteiger partial charge in [-0.05, 0) is 25.0 Å². The summed E-state index contributed by atoms with van der Waals surface area (Å²) in [4.78, 5) is 10.9. The molecule has 2 unspecified atom stereocenters. The molecule has 0 aliphatic heterocycles. The maximum Gasteiger partial charge on any atom is 0.336 e. The predicted molar refractivity (Wildman–Crippen MR) is 57.9 cm³/mol. The van der Waals surface area contributed by atoms with Crippen LogP contribution < -0.4 is 0 Å². The van der Waals surface area contributed by atoms with Crippen molar-refractivity contribution in [1.29, 1.82) is 0 Å². The van der Waals surface area contributed by atoms with Crippen LogP contribution in [0.15, 0.2) is 24.3 Å². The van der Waals surface area contributed by atoms with E-state index in [2.05, 4.69) is 0 Å². The van der Waals surface area contributed by atoms with Crippen molar-refractivity contribution in [3.05, 3.63) is 35.4 Å². The second kappa shape index (κ2) is 4.03. The Morgan fingerprint density at radius 2 is 1.93 bits per heavy atom. The van der Waals surface area contributed by atoms with E-state index in [9.17, 15) is 9.90 Å². The van der Waals surface area contributed by atoms with Gasteiger partial charge in [0.15, 0.2) is 5.60 Å². The Morgan fingerprint density at radius 3 is 2.40 bits per heavy atom. The molecular weight excluding hydrogens is 192 g/mol. The molecule has 0 aliphatic rings. The van der Waals surface area contributed by atoms with Crippen molar-refractivity contribution in [2.24, 2.45) is 0 Å². The van der Waals surface area contributed by atoms with Gasteiger partial charge in [-0.2, -0.15) is 0 Å². The molecule has 0 fully saturated rings. The molecule has 0 radical (unpaired) electrons. The van der Waals surface area contributed by atoms with Crippen molar-refractivity contribution in [1.82, 2.24) is 0 Å². The molecule has 3 heteroatoms. The van der Waals surface area contributed by atoms with Gasteiger partial charge in [0.1, 0.15) is 0 Å². The molecule has 3 nitrogen and oxygen atoms in total. The largest absolute Gasteiger partial charge is 0.479 e. The highest BCUT2D eigenvalue weighted by Gasteiger charge is 2.37. The highest BCUT2D eigenvalue weighted by Crippen LogP contribution is 2.29.